The molecule has 2 aliphatic carbocycles. The molecule has 1 nitrogen and oxygen atoms in total. The summed E-state index contributed by atoms with van der Waals surface area (Å²) in [5, 5.41) is 2.76. The van der Waals surface area contributed by atoms with Crippen molar-refractivity contribution in [3.05, 3.63) is 149 Å². The molecule has 6 aromatic rings. The first-order valence-corrected chi connectivity index (χ1v) is 13.9. The minimum atomic E-state index is 0.974. The number of para-hydroxylation sites is 1. The van der Waals surface area contributed by atoms with Gasteiger partial charge in [0.1, 0.15) is 0 Å². The van der Waals surface area contributed by atoms with Gasteiger partial charge in [0.05, 0.1) is 0 Å². The maximum atomic E-state index is 2.49. The van der Waals surface area contributed by atoms with E-state index < -0.39 is 0 Å². The van der Waals surface area contributed by atoms with Gasteiger partial charge in [-0.2, -0.15) is 0 Å². The van der Waals surface area contributed by atoms with Crippen molar-refractivity contribution in [2.45, 2.75) is 26.7 Å². The quantitative estimate of drug-likeness (QED) is 0.234. The monoisotopic (exact) mass is 499 g/mol. The van der Waals surface area contributed by atoms with Gasteiger partial charge < -0.3 is 4.90 Å². The summed E-state index contributed by atoms with van der Waals surface area (Å²) in [6, 6.07) is 42.8. The molecule has 0 spiro atoms. The summed E-state index contributed by atoms with van der Waals surface area (Å²) in [7, 11) is 0. The minimum Gasteiger partial charge on any atom is -0.310 e. The number of benzene rings is 6. The van der Waals surface area contributed by atoms with Crippen LogP contribution in [0.25, 0.3) is 33.0 Å². The molecule has 0 aromatic heterocycles. The van der Waals surface area contributed by atoms with Gasteiger partial charge in [0.25, 0.3) is 0 Å². The molecule has 2 aliphatic rings. The molecular formula is C38H29N. The maximum Gasteiger partial charge on any atom is 0.0464 e. The Balaban J connectivity index is 1.23. The molecule has 39 heavy (non-hydrogen) atoms. The first kappa shape index (κ1) is 22.4. The Morgan fingerprint density at radius 2 is 1.08 bits per heavy atom. The molecule has 0 amide bonds. The topological polar surface area (TPSA) is 3.24 Å². The molecule has 0 N–H and O–H groups in total. The first-order valence-electron chi connectivity index (χ1n) is 13.9. The van der Waals surface area contributed by atoms with Crippen LogP contribution >= 0.6 is 0 Å². The molecule has 0 saturated carbocycles. The van der Waals surface area contributed by atoms with Crippen molar-refractivity contribution in [1.29, 1.82) is 0 Å². The van der Waals surface area contributed by atoms with E-state index in [9.17, 15) is 0 Å². The van der Waals surface area contributed by atoms with E-state index in [0.717, 1.165) is 12.8 Å². The van der Waals surface area contributed by atoms with Crippen LogP contribution in [0.2, 0.25) is 0 Å². The van der Waals surface area contributed by atoms with E-state index in [1.807, 2.05) is 0 Å². The number of anilines is 3. The van der Waals surface area contributed by atoms with Crippen molar-refractivity contribution >= 4 is 27.8 Å². The molecule has 186 valence electrons. The van der Waals surface area contributed by atoms with Crippen LogP contribution in [0.4, 0.5) is 17.1 Å². The van der Waals surface area contributed by atoms with Gasteiger partial charge in [-0.15, -0.1) is 0 Å². The van der Waals surface area contributed by atoms with Crippen LogP contribution in [-0.4, -0.2) is 0 Å². The lowest BCUT2D eigenvalue weighted by Gasteiger charge is -2.26. The van der Waals surface area contributed by atoms with E-state index in [-0.39, 0.29) is 0 Å². The second-order valence-corrected chi connectivity index (χ2v) is 11.1. The molecule has 0 radical (unpaired) electrons. The fourth-order valence-corrected chi connectivity index (χ4v) is 6.81. The summed E-state index contributed by atoms with van der Waals surface area (Å²) in [6.45, 7) is 4.39. The molecular weight excluding hydrogens is 470 g/mol. The van der Waals surface area contributed by atoms with Gasteiger partial charge >= 0.3 is 0 Å². The molecule has 0 atom stereocenters. The Hall–Kier alpha value is -4.62. The summed E-state index contributed by atoms with van der Waals surface area (Å²) in [5.74, 6) is 0. The summed E-state index contributed by atoms with van der Waals surface area (Å²) >= 11 is 0. The number of hydrogen-bond donors (Lipinski definition) is 0. The smallest absolute Gasteiger partial charge is 0.0464 e. The fraction of sp³-hybridized carbons (Fsp3) is 0.105. The van der Waals surface area contributed by atoms with Crippen molar-refractivity contribution in [2.24, 2.45) is 0 Å². The lowest BCUT2D eigenvalue weighted by Crippen LogP contribution is -2.10. The van der Waals surface area contributed by atoms with Gasteiger partial charge in [0, 0.05) is 17.1 Å². The molecule has 0 aliphatic heterocycles. The van der Waals surface area contributed by atoms with E-state index in [1.165, 1.54) is 83.5 Å². The normalized spacial score (nSPS) is 12.7. The highest BCUT2D eigenvalue weighted by molar-refractivity contribution is 6.03. The predicted molar refractivity (Wildman–Crippen MR) is 165 cm³/mol. The number of nitrogens with zero attached hydrogens (tertiary/aromatic N) is 1. The average molecular weight is 500 g/mol. The van der Waals surface area contributed by atoms with Crippen LogP contribution < -0.4 is 4.90 Å². The van der Waals surface area contributed by atoms with Crippen LogP contribution in [0.5, 0.6) is 0 Å². The molecule has 0 unspecified atom stereocenters. The van der Waals surface area contributed by atoms with E-state index in [4.69, 9.17) is 0 Å². The van der Waals surface area contributed by atoms with Gasteiger partial charge in [0.2, 0.25) is 0 Å². The van der Waals surface area contributed by atoms with Crippen molar-refractivity contribution in [2.75, 3.05) is 4.90 Å². The van der Waals surface area contributed by atoms with Crippen molar-refractivity contribution in [1.82, 2.24) is 0 Å². The van der Waals surface area contributed by atoms with Crippen LogP contribution in [0.1, 0.15) is 33.4 Å². The Morgan fingerprint density at radius 1 is 0.462 bits per heavy atom. The highest BCUT2D eigenvalue weighted by Gasteiger charge is 2.27. The lowest BCUT2D eigenvalue weighted by molar-refractivity contribution is 1.22. The molecule has 0 heterocycles. The molecule has 6 aromatic carbocycles. The largest absolute Gasteiger partial charge is 0.310 e. The number of aryl methyl sites for hydroxylation is 2. The number of fused-ring (bicyclic) bond motifs is 8. The van der Waals surface area contributed by atoms with Crippen LogP contribution in [0, 0.1) is 13.8 Å². The van der Waals surface area contributed by atoms with E-state index in [0.29, 0.717) is 0 Å². The van der Waals surface area contributed by atoms with Crippen molar-refractivity contribution in [3.8, 4) is 22.3 Å². The van der Waals surface area contributed by atoms with Gasteiger partial charge in [-0.25, -0.2) is 0 Å². The third-order valence-electron chi connectivity index (χ3n) is 8.64. The lowest BCUT2D eigenvalue weighted by atomic mass is 9.93. The molecule has 1 heteroatoms. The average Bonchev–Trinajstić information content (AvgIpc) is 3.50. The second-order valence-electron chi connectivity index (χ2n) is 11.1. The van der Waals surface area contributed by atoms with E-state index in [2.05, 4.69) is 134 Å². The van der Waals surface area contributed by atoms with Crippen LogP contribution in [0.3, 0.4) is 0 Å². The summed E-state index contributed by atoms with van der Waals surface area (Å²) in [4.78, 5) is 2.37. The molecule has 8 rings (SSSR count). The SMILES string of the molecule is Cc1ccc(N(c2ccccc2)c2ccc3c(c2)Cc2cc4c(cc2-3)Cc2cc(C)c3ccccc3c2-4)cc1. The number of hydrogen-bond acceptors (Lipinski definition) is 1. The summed E-state index contributed by atoms with van der Waals surface area (Å²) < 4.78 is 0. The van der Waals surface area contributed by atoms with Crippen LogP contribution in [-0.2, 0) is 12.8 Å². The molecule has 0 fully saturated rings. The van der Waals surface area contributed by atoms with Gasteiger partial charge in [-0.05, 0) is 136 Å². The van der Waals surface area contributed by atoms with E-state index >= 15 is 0 Å². The zero-order valence-electron chi connectivity index (χ0n) is 22.3. The maximum absolute atomic E-state index is 2.49. The first-order chi connectivity index (χ1) is 19.1. The van der Waals surface area contributed by atoms with Crippen LogP contribution in [0.15, 0.2) is 115 Å². The second kappa shape index (κ2) is 8.44. The Bertz CT molecular complexity index is 1910. The predicted octanol–water partition coefficient (Wildman–Crippen LogP) is 10.1. The van der Waals surface area contributed by atoms with Gasteiger partial charge in [-0.1, -0.05) is 72.3 Å². The van der Waals surface area contributed by atoms with Crippen molar-refractivity contribution in [3.63, 3.8) is 0 Å². The summed E-state index contributed by atoms with van der Waals surface area (Å²) in [5.41, 5.74) is 17.7. The minimum absolute atomic E-state index is 0.974. The van der Waals surface area contributed by atoms with Crippen molar-refractivity contribution < 1.29 is 0 Å². The standard InChI is InChI=1S/C38H29N/c1-24-12-14-31(15-13-24)39(30-8-4-3-5-9-30)32-16-17-34-26(21-32)19-27-23-37-28(22-36(27)34)20-29-18-25(2)33-10-6-7-11-35(33)38(29)37/h3-18,21-23H,19-20H2,1-2H3. The Kier molecular flexibility index (Phi) is 4.84. The number of rotatable bonds is 3. The van der Waals surface area contributed by atoms with E-state index in [1.54, 1.807) is 0 Å². The molecule has 0 saturated heterocycles. The third-order valence-corrected chi connectivity index (χ3v) is 8.64. The van der Waals surface area contributed by atoms with Gasteiger partial charge in [-0.3, -0.25) is 0 Å². The van der Waals surface area contributed by atoms with Gasteiger partial charge in [0.15, 0.2) is 0 Å². The highest BCUT2D eigenvalue weighted by atomic mass is 15.1. The highest BCUT2D eigenvalue weighted by Crippen LogP contribution is 2.48. The Morgan fingerprint density at radius 3 is 1.90 bits per heavy atom. The third kappa shape index (κ3) is 3.47. The zero-order valence-corrected chi connectivity index (χ0v) is 22.3. The molecule has 0 bridgehead atoms. The zero-order chi connectivity index (χ0) is 26.1. The fourth-order valence-electron chi connectivity index (χ4n) is 6.81. The summed E-state index contributed by atoms with van der Waals surface area (Å²) in [6.07, 6.45) is 1.99. The Labute approximate surface area is 230 Å².